The molecule has 0 unspecified atom stereocenters. The van der Waals surface area contributed by atoms with Crippen molar-refractivity contribution in [1.29, 1.82) is 0 Å². The molecule has 106 valence electrons. The first-order valence-electron chi connectivity index (χ1n) is 6.29. The van der Waals surface area contributed by atoms with Crippen LogP contribution in [0.15, 0.2) is 28.7 Å². The van der Waals surface area contributed by atoms with Gasteiger partial charge in [0.25, 0.3) is 5.91 Å². The molecule has 1 aromatic rings. The van der Waals surface area contributed by atoms with E-state index in [2.05, 4.69) is 21.2 Å². The smallest absolute Gasteiger partial charge is 0.339 e. The van der Waals surface area contributed by atoms with Crippen LogP contribution in [0, 0.1) is 0 Å². The maximum Gasteiger partial charge on any atom is 0.339 e. The molecular formula is C15H16BrNO3. The highest BCUT2D eigenvalue weighted by Crippen LogP contribution is 2.27. The summed E-state index contributed by atoms with van der Waals surface area (Å²) in [6.07, 6.45) is 1.68. The molecule has 2 rings (SSSR count). The van der Waals surface area contributed by atoms with Gasteiger partial charge >= 0.3 is 5.97 Å². The van der Waals surface area contributed by atoms with Gasteiger partial charge in [-0.15, -0.1) is 0 Å². The lowest BCUT2D eigenvalue weighted by molar-refractivity contribution is -0.147. The third kappa shape index (κ3) is 3.28. The molecule has 0 radical (unpaired) electrons. The zero-order chi connectivity index (χ0) is 14.9. The van der Waals surface area contributed by atoms with E-state index < -0.39 is 11.6 Å². The van der Waals surface area contributed by atoms with E-state index in [-0.39, 0.29) is 5.91 Å². The molecule has 1 N–H and O–H groups in total. The molecule has 1 aliphatic heterocycles. The Morgan fingerprint density at radius 1 is 1.30 bits per heavy atom. The van der Waals surface area contributed by atoms with Gasteiger partial charge in [0.15, 0.2) is 0 Å². The Kier molecular flexibility index (Phi) is 3.99. The molecule has 0 saturated carbocycles. The number of nitrogens with one attached hydrogen (secondary N) is 1. The Balaban J connectivity index is 2.46. The number of esters is 1. The third-order valence-corrected chi connectivity index (χ3v) is 3.20. The molecule has 1 aliphatic rings. The predicted octanol–water partition coefficient (Wildman–Crippen LogP) is 2.92. The highest BCUT2D eigenvalue weighted by molar-refractivity contribution is 9.10. The van der Waals surface area contributed by atoms with Crippen molar-refractivity contribution in [3.63, 3.8) is 0 Å². The quantitative estimate of drug-likeness (QED) is 0.801. The molecule has 0 aromatic heterocycles. The maximum absolute atomic E-state index is 12.3. The number of fused-ring (bicyclic) bond motifs is 1. The van der Waals surface area contributed by atoms with Gasteiger partial charge < -0.3 is 10.1 Å². The first-order valence-corrected chi connectivity index (χ1v) is 7.09. The Labute approximate surface area is 126 Å². The standard InChI is InChI=1S/C15H16BrNO3/c1-15(2,3)20-14(19)11-6-7-17-13(18)10-5-4-9(16)8-12(10)11/h4-6,8H,7H2,1-3H3,(H,17,18). The predicted molar refractivity (Wildman–Crippen MR) is 80.3 cm³/mol. The molecule has 1 amide bonds. The highest BCUT2D eigenvalue weighted by atomic mass is 79.9. The number of halogens is 1. The molecule has 0 fully saturated rings. The lowest BCUT2D eigenvalue weighted by Crippen LogP contribution is -2.24. The van der Waals surface area contributed by atoms with E-state index in [1.807, 2.05) is 20.8 Å². The highest BCUT2D eigenvalue weighted by Gasteiger charge is 2.26. The third-order valence-electron chi connectivity index (χ3n) is 2.70. The van der Waals surface area contributed by atoms with Crippen molar-refractivity contribution < 1.29 is 14.3 Å². The van der Waals surface area contributed by atoms with Crippen molar-refractivity contribution in [1.82, 2.24) is 5.32 Å². The molecule has 0 bridgehead atoms. The van der Waals surface area contributed by atoms with E-state index >= 15 is 0 Å². The topological polar surface area (TPSA) is 55.4 Å². The zero-order valence-electron chi connectivity index (χ0n) is 11.6. The SMILES string of the molecule is CC(C)(C)OC(=O)C1=CCNC(=O)c2ccc(Br)cc21. The van der Waals surface area contributed by atoms with Crippen LogP contribution in [0.5, 0.6) is 0 Å². The Hall–Kier alpha value is -1.62. The van der Waals surface area contributed by atoms with Gasteiger partial charge in [-0.3, -0.25) is 4.79 Å². The van der Waals surface area contributed by atoms with Crippen LogP contribution in [0.1, 0.15) is 36.7 Å². The number of ether oxygens (including phenoxy) is 1. The number of carbonyl (C=O) groups is 2. The van der Waals surface area contributed by atoms with Crippen molar-refractivity contribution in [3.05, 3.63) is 39.9 Å². The fourth-order valence-electron chi connectivity index (χ4n) is 1.91. The molecule has 4 nitrogen and oxygen atoms in total. The minimum absolute atomic E-state index is 0.192. The van der Waals surface area contributed by atoms with Crippen LogP contribution in [0.4, 0.5) is 0 Å². The van der Waals surface area contributed by atoms with Gasteiger partial charge in [-0.25, -0.2) is 4.79 Å². The second-order valence-electron chi connectivity index (χ2n) is 5.52. The van der Waals surface area contributed by atoms with Crippen LogP contribution in [-0.2, 0) is 9.53 Å². The molecule has 0 atom stereocenters. The van der Waals surface area contributed by atoms with Gasteiger partial charge in [-0.2, -0.15) is 0 Å². The van der Waals surface area contributed by atoms with E-state index in [9.17, 15) is 9.59 Å². The number of amides is 1. The largest absolute Gasteiger partial charge is 0.456 e. The molecule has 5 heteroatoms. The number of carbonyl (C=O) groups excluding carboxylic acids is 2. The minimum atomic E-state index is -0.576. The summed E-state index contributed by atoms with van der Waals surface area (Å²) in [4.78, 5) is 24.3. The van der Waals surface area contributed by atoms with E-state index in [0.29, 0.717) is 23.2 Å². The van der Waals surface area contributed by atoms with Crippen LogP contribution in [-0.4, -0.2) is 24.0 Å². The Morgan fingerprint density at radius 2 is 2.00 bits per heavy atom. The second kappa shape index (κ2) is 5.40. The van der Waals surface area contributed by atoms with Gasteiger partial charge in [0.1, 0.15) is 5.60 Å². The van der Waals surface area contributed by atoms with Crippen LogP contribution >= 0.6 is 15.9 Å². The average Bonchev–Trinajstić information content (AvgIpc) is 2.46. The van der Waals surface area contributed by atoms with Gasteiger partial charge in [0.2, 0.25) is 0 Å². The van der Waals surface area contributed by atoms with Crippen molar-refractivity contribution in [3.8, 4) is 0 Å². The Bertz CT molecular complexity index is 600. The summed E-state index contributed by atoms with van der Waals surface area (Å²) in [5, 5.41) is 2.73. The monoisotopic (exact) mass is 337 g/mol. The maximum atomic E-state index is 12.3. The zero-order valence-corrected chi connectivity index (χ0v) is 13.2. The number of rotatable bonds is 1. The minimum Gasteiger partial charge on any atom is -0.456 e. The summed E-state index contributed by atoms with van der Waals surface area (Å²) in [6.45, 7) is 5.74. The van der Waals surface area contributed by atoms with E-state index in [0.717, 1.165) is 4.47 Å². The fraction of sp³-hybridized carbons (Fsp3) is 0.333. The summed E-state index contributed by atoms with van der Waals surface area (Å²) in [5.41, 5.74) is 0.898. The summed E-state index contributed by atoms with van der Waals surface area (Å²) >= 11 is 3.36. The summed E-state index contributed by atoms with van der Waals surface area (Å²) in [7, 11) is 0. The Morgan fingerprint density at radius 3 is 2.65 bits per heavy atom. The molecule has 0 saturated heterocycles. The first kappa shape index (κ1) is 14.8. The lowest BCUT2D eigenvalue weighted by Gasteiger charge is -2.21. The number of hydrogen-bond acceptors (Lipinski definition) is 3. The van der Waals surface area contributed by atoms with Crippen molar-refractivity contribution in [2.24, 2.45) is 0 Å². The number of benzene rings is 1. The summed E-state index contributed by atoms with van der Waals surface area (Å²) < 4.78 is 6.21. The molecule has 0 spiro atoms. The van der Waals surface area contributed by atoms with Crippen molar-refractivity contribution >= 4 is 33.4 Å². The normalized spacial score (nSPS) is 14.8. The van der Waals surface area contributed by atoms with E-state index in [1.165, 1.54) is 0 Å². The van der Waals surface area contributed by atoms with Gasteiger partial charge in [0.05, 0.1) is 5.57 Å². The molecule has 20 heavy (non-hydrogen) atoms. The van der Waals surface area contributed by atoms with Gasteiger partial charge in [0, 0.05) is 22.1 Å². The summed E-state index contributed by atoms with van der Waals surface area (Å²) in [6, 6.07) is 5.23. The van der Waals surface area contributed by atoms with Crippen molar-refractivity contribution in [2.45, 2.75) is 26.4 Å². The van der Waals surface area contributed by atoms with Crippen molar-refractivity contribution in [2.75, 3.05) is 6.54 Å². The molecule has 1 heterocycles. The van der Waals surface area contributed by atoms with Gasteiger partial charge in [-0.05, 0) is 39.0 Å². The lowest BCUT2D eigenvalue weighted by atomic mass is 9.99. The first-order chi connectivity index (χ1) is 9.28. The summed E-state index contributed by atoms with van der Waals surface area (Å²) in [5.74, 6) is -0.615. The fourth-order valence-corrected chi connectivity index (χ4v) is 2.28. The second-order valence-corrected chi connectivity index (χ2v) is 6.44. The van der Waals surface area contributed by atoms with Crippen LogP contribution < -0.4 is 5.32 Å². The van der Waals surface area contributed by atoms with Gasteiger partial charge in [-0.1, -0.05) is 22.0 Å². The van der Waals surface area contributed by atoms with Crippen LogP contribution in [0.2, 0.25) is 0 Å². The van der Waals surface area contributed by atoms with E-state index in [4.69, 9.17) is 4.74 Å². The molecule has 1 aromatic carbocycles. The average molecular weight is 338 g/mol. The van der Waals surface area contributed by atoms with Crippen LogP contribution in [0.3, 0.4) is 0 Å². The number of hydrogen-bond donors (Lipinski definition) is 1. The molecular weight excluding hydrogens is 322 g/mol. The molecule has 0 aliphatic carbocycles. The van der Waals surface area contributed by atoms with E-state index in [1.54, 1.807) is 24.3 Å². The van der Waals surface area contributed by atoms with Crippen LogP contribution in [0.25, 0.3) is 5.57 Å².